The van der Waals surface area contributed by atoms with Crippen molar-refractivity contribution in [1.82, 2.24) is 0 Å². The lowest BCUT2D eigenvalue weighted by molar-refractivity contribution is -0.122. The highest BCUT2D eigenvalue weighted by Gasteiger charge is 2.40. The maximum absolute atomic E-state index is 13.3. The smallest absolute Gasteiger partial charge is 0.346 e. The van der Waals surface area contributed by atoms with E-state index in [1.807, 2.05) is 0 Å². The molecule has 17 heteroatoms. The zero-order valence-corrected chi connectivity index (χ0v) is 24.5. The average molecular weight is 648 g/mol. The highest BCUT2D eigenvalue weighted by molar-refractivity contribution is 6.35. The molecule has 17 nitrogen and oxygen atoms in total. The number of benzene rings is 2. The van der Waals surface area contributed by atoms with Crippen LogP contribution in [0.25, 0.3) is 0 Å². The number of amides is 4. The fourth-order valence-electron chi connectivity index (χ4n) is 4.71. The monoisotopic (exact) mass is 648 g/mol. The molecule has 0 fully saturated rings. The molecule has 2 aliphatic rings. The van der Waals surface area contributed by atoms with Gasteiger partial charge in [0.1, 0.15) is 0 Å². The number of ether oxygens (including phenoxy) is 1. The van der Waals surface area contributed by atoms with Crippen molar-refractivity contribution in [3.63, 3.8) is 0 Å². The van der Waals surface area contributed by atoms with Crippen LogP contribution < -0.4 is 9.80 Å². The second-order valence-corrected chi connectivity index (χ2v) is 10.1. The summed E-state index contributed by atoms with van der Waals surface area (Å²) in [4.78, 5) is 126. The van der Waals surface area contributed by atoms with E-state index in [0.717, 1.165) is 0 Å². The summed E-state index contributed by atoms with van der Waals surface area (Å²) in [5.41, 5.74) is -7.82. The van der Waals surface area contributed by atoms with Crippen LogP contribution in [0.5, 0.6) is 0 Å². The number of hydrogen-bond donors (Lipinski definition) is 4. The molecule has 2 aliphatic heterocycles. The standard InChI is InChI=1S/C30H20N2O15/c1-9-10(2)22(34)31(21(9)33)19-7-15(13(25(37)38)5-17(19)27(41)42)29(45)47-30(46)16-8-20(18(28(43)44)6-14(16)26(39)40)32-23(35)11(3)12(4)24(32)36/h5-8H,1-4H3,(H,37,38)(H,39,40)(H,41,42)(H,43,44). The van der Waals surface area contributed by atoms with Crippen LogP contribution in [0.1, 0.15) is 89.8 Å². The Balaban J connectivity index is 1.86. The summed E-state index contributed by atoms with van der Waals surface area (Å²) in [6.45, 7) is 5.06. The van der Waals surface area contributed by atoms with E-state index in [1.165, 1.54) is 27.7 Å². The normalized spacial score (nSPS) is 14.7. The number of aromatic carboxylic acids is 4. The number of nitrogens with zero attached hydrogens (tertiary/aromatic N) is 2. The van der Waals surface area contributed by atoms with Crippen LogP contribution in [0.4, 0.5) is 11.4 Å². The zero-order valence-electron chi connectivity index (χ0n) is 24.5. The third kappa shape index (κ3) is 5.30. The van der Waals surface area contributed by atoms with Crippen LogP contribution in [0.15, 0.2) is 46.6 Å². The minimum Gasteiger partial charge on any atom is -0.478 e. The van der Waals surface area contributed by atoms with Gasteiger partial charge in [0.05, 0.1) is 44.8 Å². The van der Waals surface area contributed by atoms with Crippen molar-refractivity contribution >= 4 is 70.8 Å². The Morgan fingerprint density at radius 1 is 0.447 bits per heavy atom. The quantitative estimate of drug-likeness (QED) is 0.181. The number of rotatable bonds is 8. The molecular weight excluding hydrogens is 628 g/mol. The molecule has 0 bridgehead atoms. The van der Waals surface area contributed by atoms with E-state index >= 15 is 0 Å². The lowest BCUT2D eigenvalue weighted by Crippen LogP contribution is -2.33. The molecule has 240 valence electrons. The second-order valence-electron chi connectivity index (χ2n) is 10.1. The Kier molecular flexibility index (Phi) is 8.19. The molecule has 2 aromatic rings. The third-order valence-electron chi connectivity index (χ3n) is 7.52. The number of carbonyl (C=O) groups is 10. The van der Waals surface area contributed by atoms with Crippen molar-refractivity contribution in [3.8, 4) is 0 Å². The number of esters is 2. The first-order chi connectivity index (χ1) is 21.8. The highest BCUT2D eigenvalue weighted by Crippen LogP contribution is 2.34. The van der Waals surface area contributed by atoms with E-state index in [2.05, 4.69) is 0 Å². The molecule has 0 radical (unpaired) electrons. The molecule has 0 atom stereocenters. The molecule has 0 saturated carbocycles. The van der Waals surface area contributed by atoms with Gasteiger partial charge in [-0.3, -0.25) is 19.2 Å². The lowest BCUT2D eigenvalue weighted by atomic mass is 9.99. The van der Waals surface area contributed by atoms with E-state index in [1.54, 1.807) is 0 Å². The van der Waals surface area contributed by atoms with Gasteiger partial charge in [-0.15, -0.1) is 0 Å². The van der Waals surface area contributed by atoms with Crippen molar-refractivity contribution in [3.05, 3.63) is 79.9 Å². The van der Waals surface area contributed by atoms with Crippen molar-refractivity contribution < 1.29 is 73.1 Å². The summed E-state index contributed by atoms with van der Waals surface area (Å²) in [6, 6.07) is 1.91. The van der Waals surface area contributed by atoms with Crippen molar-refractivity contribution in [2.45, 2.75) is 27.7 Å². The Morgan fingerprint density at radius 2 is 0.702 bits per heavy atom. The highest BCUT2D eigenvalue weighted by atomic mass is 16.6. The van der Waals surface area contributed by atoms with Crippen LogP contribution in [0.2, 0.25) is 0 Å². The van der Waals surface area contributed by atoms with Gasteiger partial charge in [0.25, 0.3) is 23.6 Å². The predicted octanol–water partition coefficient (Wildman–Crippen LogP) is 1.90. The summed E-state index contributed by atoms with van der Waals surface area (Å²) < 4.78 is 4.74. The van der Waals surface area contributed by atoms with Crippen LogP contribution in [0.3, 0.4) is 0 Å². The Morgan fingerprint density at radius 3 is 0.936 bits per heavy atom. The number of hydrogen-bond acceptors (Lipinski definition) is 11. The van der Waals surface area contributed by atoms with Gasteiger partial charge in [-0.1, -0.05) is 0 Å². The molecular formula is C30H20N2O15. The SMILES string of the molecule is CC1=C(C)C(=O)N(c2cc(C(=O)OC(=O)c3cc(N4C(=O)C(C)=C(C)C4=O)c(C(=O)O)cc3C(=O)O)c(C(=O)O)cc2C(=O)O)C1=O. The van der Waals surface area contributed by atoms with Gasteiger partial charge < -0.3 is 25.2 Å². The van der Waals surface area contributed by atoms with Crippen molar-refractivity contribution in [2.75, 3.05) is 9.80 Å². The third-order valence-corrected chi connectivity index (χ3v) is 7.52. The Hall–Kier alpha value is -6.78. The van der Waals surface area contributed by atoms with Gasteiger partial charge in [-0.25, -0.2) is 38.6 Å². The molecule has 0 spiro atoms. The molecule has 0 aromatic heterocycles. The number of carboxylic acids is 4. The molecule has 0 saturated heterocycles. The lowest BCUT2D eigenvalue weighted by Gasteiger charge is -2.20. The molecule has 4 N–H and O–H groups in total. The first kappa shape index (κ1) is 33.1. The van der Waals surface area contributed by atoms with E-state index < -0.39 is 104 Å². The number of carboxylic acid groups (broad SMARTS) is 4. The number of anilines is 2. The summed E-state index contributed by atoms with van der Waals surface area (Å²) in [7, 11) is 0. The average Bonchev–Trinajstić information content (AvgIpc) is 3.32. The van der Waals surface area contributed by atoms with E-state index in [4.69, 9.17) is 4.74 Å². The van der Waals surface area contributed by atoms with Crippen molar-refractivity contribution in [1.29, 1.82) is 0 Å². The Bertz CT molecular complexity index is 1840. The van der Waals surface area contributed by atoms with E-state index in [9.17, 15) is 68.4 Å². The van der Waals surface area contributed by atoms with Gasteiger partial charge in [0.15, 0.2) is 0 Å². The van der Waals surface area contributed by atoms with E-state index in [-0.39, 0.29) is 22.3 Å². The summed E-state index contributed by atoms with van der Waals surface area (Å²) >= 11 is 0. The van der Waals surface area contributed by atoms with Gasteiger partial charge in [-0.2, -0.15) is 0 Å². The van der Waals surface area contributed by atoms with Gasteiger partial charge in [0, 0.05) is 22.3 Å². The molecule has 4 amide bonds. The first-order valence-corrected chi connectivity index (χ1v) is 13.0. The van der Waals surface area contributed by atoms with Crippen LogP contribution in [0, 0.1) is 0 Å². The molecule has 0 aliphatic carbocycles. The summed E-state index contributed by atoms with van der Waals surface area (Å²) in [6.07, 6.45) is 0. The van der Waals surface area contributed by atoms with Crippen LogP contribution >= 0.6 is 0 Å². The Labute approximate surface area is 261 Å². The summed E-state index contributed by atoms with van der Waals surface area (Å²) in [5.74, 6) is -15.0. The molecule has 4 rings (SSSR count). The van der Waals surface area contributed by atoms with Crippen LogP contribution in [-0.2, 0) is 23.9 Å². The summed E-state index contributed by atoms with van der Waals surface area (Å²) in [5, 5.41) is 38.9. The first-order valence-electron chi connectivity index (χ1n) is 13.0. The number of imide groups is 2. The maximum atomic E-state index is 13.3. The fraction of sp³-hybridized carbons (Fsp3) is 0.133. The maximum Gasteiger partial charge on any atom is 0.346 e. The fourth-order valence-corrected chi connectivity index (χ4v) is 4.71. The van der Waals surface area contributed by atoms with Gasteiger partial charge >= 0.3 is 35.8 Å². The number of carbonyl (C=O) groups excluding carboxylic acids is 6. The second kappa shape index (κ2) is 11.6. The molecule has 0 unspecified atom stereocenters. The predicted molar refractivity (Wildman–Crippen MR) is 152 cm³/mol. The topological polar surface area (TPSA) is 267 Å². The van der Waals surface area contributed by atoms with Crippen molar-refractivity contribution in [2.24, 2.45) is 0 Å². The molecule has 2 heterocycles. The minimum absolute atomic E-state index is 0.0784. The van der Waals surface area contributed by atoms with Crippen LogP contribution in [-0.4, -0.2) is 79.9 Å². The largest absolute Gasteiger partial charge is 0.478 e. The van der Waals surface area contributed by atoms with Gasteiger partial charge in [-0.05, 0) is 52.0 Å². The molecule has 47 heavy (non-hydrogen) atoms. The van der Waals surface area contributed by atoms with Gasteiger partial charge in [0.2, 0.25) is 0 Å². The zero-order chi connectivity index (χ0) is 35.4. The van der Waals surface area contributed by atoms with E-state index in [0.29, 0.717) is 34.1 Å². The minimum atomic E-state index is -1.91. The molecule has 2 aromatic carbocycles.